The van der Waals surface area contributed by atoms with Crippen LogP contribution in [0.5, 0.6) is 11.5 Å². The van der Waals surface area contributed by atoms with Gasteiger partial charge in [-0.15, -0.1) is 46.7 Å². The van der Waals surface area contributed by atoms with Crippen LogP contribution in [0.3, 0.4) is 0 Å². The van der Waals surface area contributed by atoms with Gasteiger partial charge in [0.05, 0.1) is 51.4 Å². The quantitative estimate of drug-likeness (QED) is 0.0735. The topological polar surface area (TPSA) is 91.8 Å². The van der Waals surface area contributed by atoms with Gasteiger partial charge < -0.3 is 46.1 Å². The molecule has 0 atom stereocenters. The molecule has 69 heavy (non-hydrogen) atoms. The minimum Gasteiger partial charge on any atom is -1.00 e. The smallest absolute Gasteiger partial charge is 0.254 e. The van der Waals surface area contributed by atoms with Crippen molar-refractivity contribution in [2.75, 3.05) is 88.4 Å². The molecule has 0 saturated carbocycles. The van der Waals surface area contributed by atoms with Gasteiger partial charge in [-0.3, -0.25) is 14.5 Å². The molecule has 9 nitrogen and oxygen atoms in total. The van der Waals surface area contributed by atoms with Crippen LogP contribution in [0.15, 0.2) is 119 Å². The van der Waals surface area contributed by atoms with Gasteiger partial charge in [-0.25, -0.2) is 0 Å². The van der Waals surface area contributed by atoms with Crippen LogP contribution in [0.4, 0.5) is 11.4 Å². The number of benzene rings is 4. The molecule has 3 fully saturated rings. The minimum atomic E-state index is -0.0863. The molecule has 1 aliphatic carbocycles. The molecule has 0 radical (unpaired) electrons. The van der Waals surface area contributed by atoms with Crippen molar-refractivity contribution in [1.29, 1.82) is 0 Å². The number of hydrogen-bond acceptors (Lipinski definition) is 8. The predicted molar refractivity (Wildman–Crippen MR) is 332 cm³/mol. The number of unbranched alkanes of at least 4 members (excludes halogenated alkanes) is 1. The summed E-state index contributed by atoms with van der Waals surface area (Å²) in [6, 6.07) is 32.5. The summed E-state index contributed by atoms with van der Waals surface area (Å²) < 4.78 is 10.1. The third-order valence-corrected chi connectivity index (χ3v) is 14.8. The van der Waals surface area contributed by atoms with Crippen LogP contribution in [0.1, 0.15) is 36.8 Å². The zero-order valence-electron chi connectivity index (χ0n) is 38.1. The van der Waals surface area contributed by atoms with Crippen molar-refractivity contribution in [1.82, 2.24) is 9.88 Å². The van der Waals surface area contributed by atoms with Crippen molar-refractivity contribution in [3.05, 3.63) is 135 Å². The van der Waals surface area contributed by atoms with Crippen LogP contribution in [0.25, 0.3) is 37.2 Å². The van der Waals surface area contributed by atoms with Crippen LogP contribution >= 0.6 is 121 Å². The number of halogens is 7. The van der Waals surface area contributed by atoms with Gasteiger partial charge in [0.2, 0.25) is 5.56 Å². The Morgan fingerprint density at radius 2 is 1.32 bits per heavy atom. The van der Waals surface area contributed by atoms with E-state index >= 15 is 0 Å². The average molecular weight is 1710 g/mol. The number of nitrogens with zero attached hydrogens (tertiary/aromatic N) is 4. The van der Waals surface area contributed by atoms with Gasteiger partial charge in [0.1, 0.15) is 5.75 Å². The van der Waals surface area contributed by atoms with Gasteiger partial charge in [-0.05, 0) is 113 Å². The fraction of sp³-hybridized carbons (Fsp3) is 0.333. The Bertz CT molecular complexity index is 2770. The van der Waals surface area contributed by atoms with Gasteiger partial charge in [0.25, 0.3) is 5.75 Å². The molecule has 3 saturated heterocycles. The van der Waals surface area contributed by atoms with Crippen LogP contribution < -0.4 is 50.3 Å². The Balaban J connectivity index is 0.000000199. The molecule has 372 valence electrons. The number of ketones is 1. The van der Waals surface area contributed by atoms with Gasteiger partial charge in [-0.1, -0.05) is 18.2 Å². The van der Waals surface area contributed by atoms with Crippen LogP contribution in [0.2, 0.25) is 0 Å². The van der Waals surface area contributed by atoms with Crippen LogP contribution in [-0.2, 0) is 11.2 Å². The summed E-state index contributed by atoms with van der Waals surface area (Å²) in [4.78, 5) is 33.0. The third kappa shape index (κ3) is 17.0. The minimum absolute atomic E-state index is 0. The number of carbonyl (C=O) groups is 1. The summed E-state index contributed by atoms with van der Waals surface area (Å²) in [5, 5.41) is 15.6. The standard InChI is InChI=1S/C25H27N3O2S.C16H21N2S.C10H8O2.BrH.I3.I2.HI/c29-25-9-7-19-6-8-20(18-22(19)26-25)30-16-2-1-11-27-12-14-28(15-13-27)23-4-3-5-24-21(23)10-17-31-24;1-2-10-18(9-1)11-7-17(8-12-18)15-4-3-5-16-14(15)6-13-19-16;11-9-3-1-7-2-4-10(12)6-8(7)5-9;;1-3-2;1-2;/h3-10,17-18H,1-2,11-16H2,(H,26,29);3-6,13H,1-2,7-12H2;1-5,11H,6H2;1H;;;1H/q;+1;;;-1;;. The predicted octanol–water partition coefficient (Wildman–Crippen LogP) is 7.49. The number of hydrogen-bond donors (Lipinski definition) is 1. The van der Waals surface area contributed by atoms with Crippen molar-refractivity contribution in [3.63, 3.8) is 0 Å². The van der Waals surface area contributed by atoms with E-state index in [-0.39, 0.29) is 52.3 Å². The molecule has 11 rings (SSSR count). The molecule has 18 heteroatoms. The van der Waals surface area contributed by atoms with Crippen LogP contribution in [0, 0.1) is 0 Å². The number of ether oxygens (including phenoxy) is 1. The summed E-state index contributed by atoms with van der Waals surface area (Å²) in [6.45, 7) is 14.2. The van der Waals surface area contributed by atoms with Crippen LogP contribution in [-0.4, -0.2) is 104 Å². The van der Waals surface area contributed by atoms with Crippen molar-refractivity contribution >= 4 is 175 Å². The van der Waals surface area contributed by atoms with E-state index in [1.807, 2.05) is 53.0 Å². The molecule has 3 aliphatic heterocycles. The number of quaternary nitrogens is 1. The molecule has 0 unspecified atom stereocenters. The van der Waals surface area contributed by atoms with E-state index in [0.717, 1.165) is 73.3 Å². The molecule has 3 N–H and O–H groups in total. The Hall–Kier alpha value is -0.600. The molecule has 0 bridgehead atoms. The van der Waals surface area contributed by atoms with Gasteiger partial charge in [0, 0.05) is 138 Å². The second-order valence-corrected chi connectivity index (χ2v) is 35.2. The first-order valence-corrected chi connectivity index (χ1v) is 43.2. The zero-order valence-corrected chi connectivity index (χ0v) is 54.4. The molecule has 4 aliphatic rings. The third-order valence-electron chi connectivity index (χ3n) is 13.0. The Kier molecular flexibility index (Phi) is 26.4. The SMILES string of the molecule is I.II.I[I-]I.O=C1C=Cc2ccc([OH2+])cc2C1.O=c1ccc2ccc(OCCCCN3CCN(c4cccc5sccc45)CC3)cc2[nH]1.[Br-].c1cc(N2CC[N+]3(CCCC3)CC2)c2ccsc2c1. The summed E-state index contributed by atoms with van der Waals surface area (Å²) >= 11 is 13.2. The van der Waals surface area contributed by atoms with E-state index in [2.05, 4.69) is 153 Å². The average Bonchev–Trinajstić information content (AvgIpc) is 4.15. The normalized spacial score (nSPS) is 15.9. The summed E-state index contributed by atoms with van der Waals surface area (Å²) in [7, 11) is 0. The second kappa shape index (κ2) is 30.7. The number of rotatable bonds is 8. The molecule has 7 aromatic rings. The van der Waals surface area contributed by atoms with E-state index in [0.29, 0.717) is 32.0 Å². The van der Waals surface area contributed by atoms with E-state index in [4.69, 9.17) is 9.84 Å². The van der Waals surface area contributed by atoms with E-state index < -0.39 is 0 Å². The summed E-state index contributed by atoms with van der Waals surface area (Å²) in [6.07, 6.45) is 8.88. The molecule has 1 spiro atoms. The number of aromatic amines is 1. The van der Waals surface area contributed by atoms with Gasteiger partial charge in [-0.2, -0.15) is 0 Å². The number of anilines is 2. The fourth-order valence-electron chi connectivity index (χ4n) is 9.50. The number of nitrogens with one attached hydrogen (secondary N) is 1. The Morgan fingerprint density at radius 1 is 0.710 bits per heavy atom. The first-order chi connectivity index (χ1) is 32.8. The number of pyridine rings is 1. The van der Waals surface area contributed by atoms with Gasteiger partial charge >= 0.3 is 50.5 Å². The van der Waals surface area contributed by atoms with E-state index in [9.17, 15) is 9.59 Å². The number of piperazine rings is 2. The van der Waals surface area contributed by atoms with Crippen molar-refractivity contribution < 1.29 is 49.4 Å². The van der Waals surface area contributed by atoms with Crippen molar-refractivity contribution in [3.8, 4) is 11.5 Å². The summed E-state index contributed by atoms with van der Waals surface area (Å²) in [5.74, 6) is 1.40. The number of allylic oxidation sites excluding steroid dienone is 1. The molecular weight excluding hydrogens is 1650 g/mol. The first kappa shape index (κ1) is 59.3. The van der Waals surface area contributed by atoms with E-state index in [1.54, 1.807) is 30.4 Å². The fourth-order valence-corrected chi connectivity index (χ4v) is 11.1. The molecule has 6 heterocycles. The number of thiophene rings is 2. The maximum absolute atomic E-state index is 11.5. The first-order valence-electron chi connectivity index (χ1n) is 22.6. The Morgan fingerprint density at radius 3 is 1.96 bits per heavy atom. The molecule has 4 aromatic carbocycles. The second-order valence-electron chi connectivity index (χ2n) is 17.0. The maximum Gasteiger partial charge on any atom is 0.254 e. The molecule has 0 amide bonds. The molecular formula is C51H58BrI6N5O4S2. The number of H-pyrrole nitrogens is 1. The van der Waals surface area contributed by atoms with Crippen molar-refractivity contribution in [2.24, 2.45) is 0 Å². The number of carbonyl (C=O) groups excluding carboxylic acids is 1. The monoisotopic (exact) mass is 1710 g/mol. The van der Waals surface area contributed by atoms with Gasteiger partial charge in [0.15, 0.2) is 5.78 Å². The van der Waals surface area contributed by atoms with Crippen molar-refractivity contribution in [2.45, 2.75) is 32.1 Å². The Labute approximate surface area is 494 Å². The van der Waals surface area contributed by atoms with E-state index in [1.165, 1.54) is 88.1 Å². The molecule has 3 aromatic heterocycles. The summed E-state index contributed by atoms with van der Waals surface area (Å²) in [5.41, 5.74) is 5.60. The largest absolute Gasteiger partial charge is 1.00 e. The maximum atomic E-state index is 11.5. The zero-order chi connectivity index (χ0) is 47.0. The number of aromatic nitrogens is 1. The number of fused-ring (bicyclic) bond motifs is 4.